The van der Waals surface area contributed by atoms with E-state index in [1.165, 1.54) is 0 Å². The highest BCUT2D eigenvalue weighted by Crippen LogP contribution is 2.22. The van der Waals surface area contributed by atoms with Gasteiger partial charge in [-0.2, -0.15) is 0 Å². The van der Waals surface area contributed by atoms with Gasteiger partial charge in [0.15, 0.2) is 0 Å². The third-order valence-corrected chi connectivity index (χ3v) is 5.61. The SMILES string of the molecule is NC(Cc1ccc(OCc2ccccc2)cc1)C(=O)N1CCC(CCCl)CC1. The van der Waals surface area contributed by atoms with Crippen molar-refractivity contribution in [2.45, 2.75) is 38.3 Å². The molecule has 1 saturated heterocycles. The number of hydrogen-bond donors (Lipinski definition) is 1. The summed E-state index contributed by atoms with van der Waals surface area (Å²) < 4.78 is 5.81. The lowest BCUT2D eigenvalue weighted by atomic mass is 9.93. The Balaban J connectivity index is 1.46. The molecular weight excluding hydrogens is 372 g/mol. The van der Waals surface area contributed by atoms with Gasteiger partial charge in [-0.05, 0) is 54.9 Å². The Morgan fingerprint density at radius 2 is 1.75 bits per heavy atom. The molecule has 2 N–H and O–H groups in total. The molecule has 1 aliphatic rings. The number of alkyl halides is 1. The maximum absolute atomic E-state index is 12.6. The van der Waals surface area contributed by atoms with Crippen LogP contribution < -0.4 is 10.5 Å². The van der Waals surface area contributed by atoms with Gasteiger partial charge in [0.05, 0.1) is 6.04 Å². The van der Waals surface area contributed by atoms with E-state index in [-0.39, 0.29) is 5.91 Å². The predicted octanol–water partition coefficient (Wildman–Crippen LogP) is 4.00. The molecule has 1 unspecified atom stereocenters. The summed E-state index contributed by atoms with van der Waals surface area (Å²) >= 11 is 5.83. The van der Waals surface area contributed by atoms with Gasteiger partial charge in [-0.1, -0.05) is 42.5 Å². The van der Waals surface area contributed by atoms with Crippen molar-refractivity contribution in [1.82, 2.24) is 4.90 Å². The molecule has 4 nitrogen and oxygen atoms in total. The van der Waals surface area contributed by atoms with E-state index in [9.17, 15) is 4.79 Å². The smallest absolute Gasteiger partial charge is 0.239 e. The zero-order valence-corrected chi connectivity index (χ0v) is 17.0. The Morgan fingerprint density at radius 3 is 2.39 bits per heavy atom. The molecule has 1 fully saturated rings. The second-order valence-electron chi connectivity index (χ2n) is 7.48. The highest BCUT2D eigenvalue weighted by Gasteiger charge is 2.26. The topological polar surface area (TPSA) is 55.6 Å². The number of piperidine rings is 1. The van der Waals surface area contributed by atoms with Gasteiger partial charge >= 0.3 is 0 Å². The van der Waals surface area contributed by atoms with E-state index in [1.54, 1.807) is 0 Å². The molecule has 150 valence electrons. The number of amides is 1. The van der Waals surface area contributed by atoms with Crippen molar-refractivity contribution in [2.75, 3.05) is 19.0 Å². The maximum atomic E-state index is 12.6. The third kappa shape index (κ3) is 5.98. The number of rotatable bonds is 8. The van der Waals surface area contributed by atoms with Crippen molar-refractivity contribution in [3.63, 3.8) is 0 Å². The van der Waals surface area contributed by atoms with Crippen molar-refractivity contribution in [3.8, 4) is 5.75 Å². The van der Waals surface area contributed by atoms with Crippen LogP contribution >= 0.6 is 11.6 Å². The van der Waals surface area contributed by atoms with Gasteiger partial charge < -0.3 is 15.4 Å². The lowest BCUT2D eigenvalue weighted by Gasteiger charge is -2.33. The van der Waals surface area contributed by atoms with Crippen molar-refractivity contribution < 1.29 is 9.53 Å². The first kappa shape index (κ1) is 20.7. The summed E-state index contributed by atoms with van der Waals surface area (Å²) in [7, 11) is 0. The summed E-state index contributed by atoms with van der Waals surface area (Å²) in [5.41, 5.74) is 8.38. The average Bonchev–Trinajstić information content (AvgIpc) is 2.74. The fraction of sp³-hybridized carbons (Fsp3) is 0.435. The molecule has 28 heavy (non-hydrogen) atoms. The molecular formula is C23H29ClN2O2. The van der Waals surface area contributed by atoms with Crippen LogP contribution in [-0.2, 0) is 17.8 Å². The molecule has 0 aromatic heterocycles. The number of likely N-dealkylation sites (tertiary alicyclic amines) is 1. The number of halogens is 1. The maximum Gasteiger partial charge on any atom is 0.239 e. The summed E-state index contributed by atoms with van der Waals surface area (Å²) in [6, 6.07) is 17.4. The highest BCUT2D eigenvalue weighted by molar-refractivity contribution is 6.17. The van der Waals surface area contributed by atoms with Crippen LogP contribution in [-0.4, -0.2) is 35.8 Å². The zero-order valence-electron chi connectivity index (χ0n) is 16.2. The molecule has 0 saturated carbocycles. The second kappa shape index (κ2) is 10.5. The first-order valence-corrected chi connectivity index (χ1v) is 10.5. The fourth-order valence-corrected chi connectivity index (χ4v) is 3.94. The number of nitrogens with two attached hydrogens (primary N) is 1. The minimum Gasteiger partial charge on any atom is -0.489 e. The highest BCUT2D eigenvalue weighted by atomic mass is 35.5. The van der Waals surface area contributed by atoms with E-state index < -0.39 is 6.04 Å². The summed E-state index contributed by atoms with van der Waals surface area (Å²) in [6.45, 7) is 2.12. The van der Waals surface area contributed by atoms with Crippen molar-refractivity contribution in [1.29, 1.82) is 0 Å². The summed E-state index contributed by atoms with van der Waals surface area (Å²) in [6.07, 6.45) is 3.63. The molecule has 1 heterocycles. The van der Waals surface area contributed by atoms with Crippen LogP contribution in [0, 0.1) is 5.92 Å². The summed E-state index contributed by atoms with van der Waals surface area (Å²) in [5, 5.41) is 0. The largest absolute Gasteiger partial charge is 0.489 e. The first-order chi connectivity index (χ1) is 13.7. The van der Waals surface area contributed by atoms with Crippen LogP contribution in [0.1, 0.15) is 30.4 Å². The first-order valence-electron chi connectivity index (χ1n) is 10.0. The standard InChI is InChI=1S/C23H29ClN2O2/c24-13-10-18-11-14-26(15-12-18)23(27)22(25)16-19-6-8-21(9-7-19)28-17-20-4-2-1-3-5-20/h1-9,18,22H,10-17,25H2. The van der Waals surface area contributed by atoms with Crippen LogP contribution in [0.2, 0.25) is 0 Å². The normalized spacial score (nSPS) is 16.0. The van der Waals surface area contributed by atoms with E-state index in [1.807, 2.05) is 59.5 Å². The average molecular weight is 401 g/mol. The molecule has 0 aliphatic carbocycles. The van der Waals surface area contributed by atoms with Gasteiger partial charge in [-0.3, -0.25) is 4.79 Å². The Morgan fingerprint density at radius 1 is 1.07 bits per heavy atom. The van der Waals surface area contributed by atoms with Gasteiger partial charge in [0, 0.05) is 19.0 Å². The quantitative estimate of drug-likeness (QED) is 0.681. The molecule has 1 amide bonds. The number of ether oxygens (including phenoxy) is 1. The molecule has 3 rings (SSSR count). The molecule has 0 spiro atoms. The number of benzene rings is 2. The number of carbonyl (C=O) groups is 1. The van der Waals surface area contributed by atoms with Gasteiger partial charge in [-0.15, -0.1) is 11.6 Å². The lowest BCUT2D eigenvalue weighted by Crippen LogP contribution is -2.48. The zero-order chi connectivity index (χ0) is 19.8. The van der Waals surface area contributed by atoms with Crippen molar-refractivity contribution >= 4 is 17.5 Å². The van der Waals surface area contributed by atoms with Gasteiger partial charge in [-0.25, -0.2) is 0 Å². The molecule has 0 bridgehead atoms. The van der Waals surface area contributed by atoms with Gasteiger partial charge in [0.25, 0.3) is 0 Å². The van der Waals surface area contributed by atoms with Crippen LogP contribution in [0.25, 0.3) is 0 Å². The van der Waals surface area contributed by atoms with Crippen LogP contribution in [0.5, 0.6) is 5.75 Å². The Labute approximate surface area is 172 Å². The van der Waals surface area contributed by atoms with Gasteiger partial charge in [0.2, 0.25) is 5.91 Å². The number of carbonyl (C=O) groups excluding carboxylic acids is 1. The summed E-state index contributed by atoms with van der Waals surface area (Å²) in [5.74, 6) is 2.20. The minimum absolute atomic E-state index is 0.0497. The Hall–Kier alpha value is -2.04. The predicted molar refractivity (Wildman–Crippen MR) is 114 cm³/mol. The van der Waals surface area contributed by atoms with E-state index in [2.05, 4.69) is 0 Å². The Kier molecular flexibility index (Phi) is 7.75. The molecule has 0 radical (unpaired) electrons. The van der Waals surface area contributed by atoms with Crippen LogP contribution in [0.4, 0.5) is 0 Å². The van der Waals surface area contributed by atoms with E-state index in [4.69, 9.17) is 22.1 Å². The Bertz CT molecular complexity index is 728. The van der Waals surface area contributed by atoms with E-state index in [0.29, 0.717) is 24.8 Å². The van der Waals surface area contributed by atoms with Crippen molar-refractivity contribution in [2.24, 2.45) is 11.7 Å². The second-order valence-corrected chi connectivity index (χ2v) is 7.85. The molecule has 2 aromatic carbocycles. The number of hydrogen-bond acceptors (Lipinski definition) is 3. The fourth-order valence-electron chi connectivity index (χ4n) is 3.63. The molecule has 2 aromatic rings. The number of nitrogens with zero attached hydrogens (tertiary/aromatic N) is 1. The van der Waals surface area contributed by atoms with E-state index in [0.717, 1.165) is 49.2 Å². The molecule has 1 atom stereocenters. The lowest BCUT2D eigenvalue weighted by molar-refractivity contribution is -0.134. The monoisotopic (exact) mass is 400 g/mol. The molecule has 5 heteroatoms. The molecule has 1 aliphatic heterocycles. The van der Waals surface area contributed by atoms with Gasteiger partial charge in [0.1, 0.15) is 12.4 Å². The van der Waals surface area contributed by atoms with E-state index >= 15 is 0 Å². The van der Waals surface area contributed by atoms with Crippen LogP contribution in [0.3, 0.4) is 0 Å². The van der Waals surface area contributed by atoms with Crippen molar-refractivity contribution in [3.05, 3.63) is 65.7 Å². The van der Waals surface area contributed by atoms with Crippen LogP contribution in [0.15, 0.2) is 54.6 Å². The third-order valence-electron chi connectivity index (χ3n) is 5.39. The minimum atomic E-state index is -0.499. The summed E-state index contributed by atoms with van der Waals surface area (Å²) in [4.78, 5) is 14.6.